The quantitative estimate of drug-likeness (QED) is 0.668. The lowest BCUT2D eigenvalue weighted by atomic mass is 10.3. The van der Waals surface area contributed by atoms with Crippen molar-refractivity contribution in [2.75, 3.05) is 24.1 Å². The molecule has 0 spiro atoms. The zero-order valence-corrected chi connectivity index (χ0v) is 9.49. The van der Waals surface area contributed by atoms with Crippen molar-refractivity contribution in [3.63, 3.8) is 0 Å². The molecular weight excluding hydrogens is 210 g/mol. The first-order valence-electron chi connectivity index (χ1n) is 4.71. The van der Waals surface area contributed by atoms with Gasteiger partial charge in [-0.3, -0.25) is 4.79 Å². The molecule has 1 aromatic heterocycles. The molecule has 1 amide bonds. The second-order valence-corrected chi connectivity index (χ2v) is 3.98. The molecule has 1 rings (SSSR count). The van der Waals surface area contributed by atoms with Gasteiger partial charge in [-0.25, -0.2) is 0 Å². The largest absolute Gasteiger partial charge is 0.397 e. The summed E-state index contributed by atoms with van der Waals surface area (Å²) in [5, 5.41) is 6.69. The first kappa shape index (κ1) is 11.6. The second kappa shape index (κ2) is 5.41. The molecule has 5 heteroatoms. The van der Waals surface area contributed by atoms with Crippen molar-refractivity contribution in [2.24, 2.45) is 0 Å². The van der Waals surface area contributed by atoms with E-state index in [2.05, 4.69) is 17.2 Å². The van der Waals surface area contributed by atoms with Crippen LogP contribution in [-0.4, -0.2) is 19.0 Å². The highest BCUT2D eigenvalue weighted by Crippen LogP contribution is 2.28. The van der Waals surface area contributed by atoms with Crippen LogP contribution in [0.15, 0.2) is 18.7 Å². The SMILES string of the molecule is C=CCNc1cc(N)c(C(=O)NCC)s1. The Hall–Kier alpha value is -1.49. The summed E-state index contributed by atoms with van der Waals surface area (Å²) in [6.45, 7) is 6.74. The summed E-state index contributed by atoms with van der Waals surface area (Å²) in [5.74, 6) is -0.119. The number of anilines is 2. The maximum Gasteiger partial charge on any atom is 0.263 e. The van der Waals surface area contributed by atoms with Crippen LogP contribution in [0.3, 0.4) is 0 Å². The Morgan fingerprint density at radius 2 is 2.47 bits per heavy atom. The first-order valence-corrected chi connectivity index (χ1v) is 5.53. The topological polar surface area (TPSA) is 67.1 Å². The minimum Gasteiger partial charge on any atom is -0.397 e. The molecule has 4 nitrogen and oxygen atoms in total. The summed E-state index contributed by atoms with van der Waals surface area (Å²) in [6, 6.07) is 1.76. The Morgan fingerprint density at radius 3 is 3.07 bits per heavy atom. The number of carbonyl (C=O) groups is 1. The molecule has 1 aromatic rings. The molecule has 0 saturated carbocycles. The molecule has 0 atom stereocenters. The summed E-state index contributed by atoms with van der Waals surface area (Å²) in [6.07, 6.45) is 1.75. The number of amides is 1. The minimum absolute atomic E-state index is 0.119. The van der Waals surface area contributed by atoms with E-state index in [4.69, 9.17) is 5.73 Å². The zero-order valence-electron chi connectivity index (χ0n) is 8.67. The minimum atomic E-state index is -0.119. The van der Waals surface area contributed by atoms with Gasteiger partial charge in [0.05, 0.1) is 10.7 Å². The molecule has 0 unspecified atom stereocenters. The number of nitrogens with two attached hydrogens (primary N) is 1. The van der Waals surface area contributed by atoms with Gasteiger partial charge in [0.15, 0.2) is 0 Å². The van der Waals surface area contributed by atoms with Crippen molar-refractivity contribution >= 4 is 27.9 Å². The van der Waals surface area contributed by atoms with E-state index in [9.17, 15) is 4.79 Å². The number of rotatable bonds is 5. The fourth-order valence-corrected chi connectivity index (χ4v) is 1.99. The number of carbonyl (C=O) groups excluding carboxylic acids is 1. The Kier molecular flexibility index (Phi) is 4.17. The van der Waals surface area contributed by atoms with Crippen LogP contribution >= 0.6 is 11.3 Å². The molecule has 15 heavy (non-hydrogen) atoms. The molecule has 1 heterocycles. The van der Waals surface area contributed by atoms with E-state index in [-0.39, 0.29) is 5.91 Å². The van der Waals surface area contributed by atoms with Crippen LogP contribution < -0.4 is 16.4 Å². The maximum atomic E-state index is 11.5. The van der Waals surface area contributed by atoms with Gasteiger partial charge in [-0.1, -0.05) is 6.08 Å². The predicted octanol–water partition coefficient (Wildman–Crippen LogP) is 1.68. The lowest BCUT2D eigenvalue weighted by Gasteiger charge is -1.99. The Labute approximate surface area is 93.2 Å². The van der Waals surface area contributed by atoms with E-state index < -0.39 is 0 Å². The summed E-state index contributed by atoms with van der Waals surface area (Å²) in [7, 11) is 0. The zero-order chi connectivity index (χ0) is 11.3. The molecular formula is C10H15N3OS. The predicted molar refractivity (Wildman–Crippen MR) is 65.4 cm³/mol. The molecule has 0 aliphatic carbocycles. The van der Waals surface area contributed by atoms with Crippen molar-refractivity contribution in [1.29, 1.82) is 0 Å². The molecule has 0 aromatic carbocycles. The van der Waals surface area contributed by atoms with E-state index in [1.165, 1.54) is 11.3 Å². The fraction of sp³-hybridized carbons (Fsp3) is 0.300. The van der Waals surface area contributed by atoms with Crippen LogP contribution in [0.25, 0.3) is 0 Å². The monoisotopic (exact) mass is 225 g/mol. The van der Waals surface area contributed by atoms with Gasteiger partial charge in [0, 0.05) is 13.1 Å². The number of hydrogen-bond acceptors (Lipinski definition) is 4. The summed E-state index contributed by atoms with van der Waals surface area (Å²) in [5.41, 5.74) is 6.24. The van der Waals surface area contributed by atoms with Crippen molar-refractivity contribution in [1.82, 2.24) is 5.32 Å². The van der Waals surface area contributed by atoms with Gasteiger partial charge >= 0.3 is 0 Å². The first-order chi connectivity index (χ1) is 7.19. The number of nitrogen functional groups attached to an aromatic ring is 1. The standard InChI is InChI=1S/C10H15N3OS/c1-3-5-13-8-6-7(11)9(15-8)10(14)12-4-2/h3,6,13H,1,4-5,11H2,2H3,(H,12,14). The molecule has 0 aliphatic heterocycles. The number of nitrogens with one attached hydrogen (secondary N) is 2. The van der Waals surface area contributed by atoms with Crippen molar-refractivity contribution in [3.8, 4) is 0 Å². The Balaban J connectivity index is 2.76. The summed E-state index contributed by atoms with van der Waals surface area (Å²) < 4.78 is 0. The third-order valence-electron chi connectivity index (χ3n) is 1.72. The van der Waals surface area contributed by atoms with E-state index in [1.54, 1.807) is 12.1 Å². The molecule has 4 N–H and O–H groups in total. The van der Waals surface area contributed by atoms with Gasteiger partial charge in [0.2, 0.25) is 0 Å². The van der Waals surface area contributed by atoms with Gasteiger partial charge < -0.3 is 16.4 Å². The van der Waals surface area contributed by atoms with Crippen LogP contribution in [0.4, 0.5) is 10.7 Å². The van der Waals surface area contributed by atoms with E-state index in [0.717, 1.165) is 5.00 Å². The smallest absolute Gasteiger partial charge is 0.263 e. The van der Waals surface area contributed by atoms with Gasteiger partial charge in [-0.15, -0.1) is 17.9 Å². The molecule has 0 saturated heterocycles. The Morgan fingerprint density at radius 1 is 1.73 bits per heavy atom. The van der Waals surface area contributed by atoms with Gasteiger partial charge in [0.1, 0.15) is 4.88 Å². The fourth-order valence-electron chi connectivity index (χ4n) is 1.08. The average Bonchev–Trinajstić information content (AvgIpc) is 2.57. The van der Waals surface area contributed by atoms with Crippen LogP contribution in [0, 0.1) is 0 Å². The van der Waals surface area contributed by atoms with Crippen molar-refractivity contribution in [3.05, 3.63) is 23.6 Å². The lowest BCUT2D eigenvalue weighted by Crippen LogP contribution is -2.22. The molecule has 82 valence electrons. The highest BCUT2D eigenvalue weighted by molar-refractivity contribution is 7.18. The summed E-state index contributed by atoms with van der Waals surface area (Å²) in [4.78, 5) is 12.1. The van der Waals surface area contributed by atoms with Crippen LogP contribution in [0.1, 0.15) is 16.6 Å². The van der Waals surface area contributed by atoms with Crippen LogP contribution in [0.5, 0.6) is 0 Å². The van der Waals surface area contributed by atoms with Gasteiger partial charge in [0.25, 0.3) is 5.91 Å². The molecule has 0 radical (unpaired) electrons. The van der Waals surface area contributed by atoms with Gasteiger partial charge in [-0.2, -0.15) is 0 Å². The number of hydrogen-bond donors (Lipinski definition) is 3. The van der Waals surface area contributed by atoms with Crippen LogP contribution in [0.2, 0.25) is 0 Å². The Bertz CT molecular complexity index is 360. The highest BCUT2D eigenvalue weighted by Gasteiger charge is 2.12. The third kappa shape index (κ3) is 2.99. The normalized spacial score (nSPS) is 9.67. The lowest BCUT2D eigenvalue weighted by molar-refractivity contribution is 0.0960. The average molecular weight is 225 g/mol. The molecule has 0 fully saturated rings. The second-order valence-electron chi connectivity index (χ2n) is 2.92. The van der Waals surface area contributed by atoms with E-state index in [0.29, 0.717) is 23.7 Å². The highest BCUT2D eigenvalue weighted by atomic mass is 32.1. The molecule has 0 aliphatic rings. The third-order valence-corrected chi connectivity index (χ3v) is 2.83. The van der Waals surface area contributed by atoms with Gasteiger partial charge in [-0.05, 0) is 13.0 Å². The van der Waals surface area contributed by atoms with Crippen molar-refractivity contribution in [2.45, 2.75) is 6.92 Å². The van der Waals surface area contributed by atoms with Crippen molar-refractivity contribution < 1.29 is 4.79 Å². The van der Waals surface area contributed by atoms with E-state index in [1.807, 2.05) is 6.92 Å². The molecule has 0 bridgehead atoms. The maximum absolute atomic E-state index is 11.5. The number of thiophene rings is 1. The van der Waals surface area contributed by atoms with E-state index >= 15 is 0 Å². The van der Waals surface area contributed by atoms with Crippen LogP contribution in [-0.2, 0) is 0 Å². The summed E-state index contributed by atoms with van der Waals surface area (Å²) >= 11 is 1.35.